The van der Waals surface area contributed by atoms with Gasteiger partial charge in [0.1, 0.15) is 5.75 Å². The standard InChI is InChI=1S/C23H21F3N2O5S/c1-28(18-7-3-2-4-8-18)34(31,32)20-9-5-6-17(14-20)22(30)27-15-21(29)16-10-12-19(13-11-16)33-23(24,25)26/h2-14,21,29H,15H2,1H3,(H,27,30). The normalized spacial score (nSPS) is 12.6. The number of nitrogens with one attached hydrogen (secondary N) is 1. The average Bonchev–Trinajstić information content (AvgIpc) is 2.82. The second-order valence-electron chi connectivity index (χ2n) is 7.18. The number of aliphatic hydroxyl groups excluding tert-OH is 1. The Kier molecular flexibility index (Phi) is 7.48. The maximum absolute atomic E-state index is 12.9. The average molecular weight is 494 g/mol. The predicted octanol–water partition coefficient (Wildman–Crippen LogP) is 3.87. The van der Waals surface area contributed by atoms with Gasteiger partial charge in [0.05, 0.1) is 16.7 Å². The first-order valence-corrected chi connectivity index (χ1v) is 11.4. The van der Waals surface area contributed by atoms with Gasteiger partial charge in [-0.25, -0.2) is 8.42 Å². The summed E-state index contributed by atoms with van der Waals surface area (Å²) in [5, 5.41) is 12.7. The van der Waals surface area contributed by atoms with Crippen molar-refractivity contribution in [2.24, 2.45) is 0 Å². The molecule has 0 fully saturated rings. The van der Waals surface area contributed by atoms with Gasteiger partial charge >= 0.3 is 6.36 Å². The summed E-state index contributed by atoms with van der Waals surface area (Å²) in [7, 11) is -2.53. The first-order valence-electron chi connectivity index (χ1n) is 9.93. The van der Waals surface area contributed by atoms with Crippen molar-refractivity contribution in [1.82, 2.24) is 5.32 Å². The minimum absolute atomic E-state index is 0.0589. The van der Waals surface area contributed by atoms with Crippen LogP contribution in [-0.4, -0.2) is 39.4 Å². The van der Waals surface area contributed by atoms with E-state index in [1.165, 1.54) is 43.4 Å². The highest BCUT2D eigenvalue weighted by Gasteiger charge is 2.31. The van der Waals surface area contributed by atoms with Gasteiger partial charge in [-0.05, 0) is 48.0 Å². The van der Waals surface area contributed by atoms with Gasteiger partial charge < -0.3 is 15.2 Å². The number of carbonyl (C=O) groups excluding carboxylic acids is 1. The molecule has 3 rings (SSSR count). The number of halogens is 3. The number of aliphatic hydroxyl groups is 1. The molecule has 0 bridgehead atoms. The Balaban J connectivity index is 1.66. The zero-order chi connectivity index (χ0) is 24.9. The Morgan fingerprint density at radius 1 is 1.03 bits per heavy atom. The lowest BCUT2D eigenvalue weighted by atomic mass is 10.1. The van der Waals surface area contributed by atoms with Crippen LogP contribution in [0.3, 0.4) is 0 Å². The molecule has 0 spiro atoms. The van der Waals surface area contributed by atoms with Crippen molar-refractivity contribution in [3.8, 4) is 5.75 Å². The van der Waals surface area contributed by atoms with Crippen LogP contribution >= 0.6 is 0 Å². The number of nitrogens with zero attached hydrogens (tertiary/aromatic N) is 1. The molecule has 180 valence electrons. The zero-order valence-corrected chi connectivity index (χ0v) is 18.7. The van der Waals surface area contributed by atoms with Crippen molar-refractivity contribution in [2.75, 3.05) is 17.9 Å². The van der Waals surface area contributed by atoms with E-state index < -0.39 is 34.1 Å². The van der Waals surface area contributed by atoms with Crippen LogP contribution in [0.4, 0.5) is 18.9 Å². The molecule has 1 unspecified atom stereocenters. The minimum atomic E-state index is -4.83. The van der Waals surface area contributed by atoms with Gasteiger partial charge in [-0.2, -0.15) is 0 Å². The molecule has 0 saturated heterocycles. The van der Waals surface area contributed by atoms with E-state index in [1.54, 1.807) is 30.3 Å². The largest absolute Gasteiger partial charge is 0.573 e. The van der Waals surface area contributed by atoms with Crippen molar-refractivity contribution < 1.29 is 36.2 Å². The number of amides is 1. The number of hydrogen-bond acceptors (Lipinski definition) is 5. The zero-order valence-electron chi connectivity index (χ0n) is 17.9. The Hall–Kier alpha value is -3.57. The molecule has 0 aliphatic heterocycles. The third-order valence-electron chi connectivity index (χ3n) is 4.83. The van der Waals surface area contributed by atoms with Gasteiger partial charge in [0, 0.05) is 19.2 Å². The topological polar surface area (TPSA) is 95.9 Å². The number of hydrogen-bond donors (Lipinski definition) is 2. The molecule has 0 radical (unpaired) electrons. The molecule has 0 aromatic heterocycles. The molecule has 3 aromatic carbocycles. The van der Waals surface area contributed by atoms with Gasteiger partial charge in [-0.3, -0.25) is 9.10 Å². The van der Waals surface area contributed by atoms with Crippen LogP contribution in [0.15, 0.2) is 83.8 Å². The molecule has 1 amide bonds. The highest BCUT2D eigenvalue weighted by atomic mass is 32.2. The fraction of sp³-hybridized carbons (Fsp3) is 0.174. The van der Waals surface area contributed by atoms with Crippen molar-refractivity contribution in [3.63, 3.8) is 0 Å². The molecular formula is C23H21F3N2O5S. The van der Waals surface area contributed by atoms with Crippen molar-refractivity contribution in [2.45, 2.75) is 17.4 Å². The Labute approximate surface area is 194 Å². The van der Waals surface area contributed by atoms with E-state index in [0.717, 1.165) is 16.4 Å². The van der Waals surface area contributed by atoms with Crippen LogP contribution in [0.1, 0.15) is 22.0 Å². The van der Waals surface area contributed by atoms with Crippen molar-refractivity contribution in [1.29, 1.82) is 0 Å². The molecule has 0 aliphatic carbocycles. The molecule has 0 saturated carbocycles. The first-order chi connectivity index (χ1) is 16.0. The lowest BCUT2D eigenvalue weighted by molar-refractivity contribution is -0.274. The molecule has 34 heavy (non-hydrogen) atoms. The summed E-state index contributed by atoms with van der Waals surface area (Å²) in [6, 6.07) is 18.4. The molecule has 0 aliphatic rings. The highest BCUT2D eigenvalue weighted by Crippen LogP contribution is 2.25. The SMILES string of the molecule is CN(c1ccccc1)S(=O)(=O)c1cccc(C(=O)NCC(O)c2ccc(OC(F)(F)F)cc2)c1. The van der Waals surface area contributed by atoms with Crippen LogP contribution in [0, 0.1) is 0 Å². The predicted molar refractivity (Wildman–Crippen MR) is 119 cm³/mol. The van der Waals surface area contributed by atoms with Crippen molar-refractivity contribution in [3.05, 3.63) is 90.0 Å². The summed E-state index contributed by atoms with van der Waals surface area (Å²) in [4.78, 5) is 12.4. The van der Waals surface area contributed by atoms with E-state index in [2.05, 4.69) is 10.1 Å². The summed E-state index contributed by atoms with van der Waals surface area (Å²) >= 11 is 0. The number of para-hydroxylation sites is 1. The maximum atomic E-state index is 12.9. The minimum Gasteiger partial charge on any atom is -0.406 e. The van der Waals surface area contributed by atoms with E-state index in [1.807, 2.05) is 0 Å². The van der Waals surface area contributed by atoms with E-state index in [9.17, 15) is 31.5 Å². The Morgan fingerprint density at radius 2 is 1.68 bits per heavy atom. The van der Waals surface area contributed by atoms with E-state index in [-0.39, 0.29) is 22.6 Å². The summed E-state index contributed by atoms with van der Waals surface area (Å²) in [6.07, 6.45) is -6.04. The Bertz CT molecular complexity index is 1230. The number of rotatable bonds is 8. The van der Waals surface area contributed by atoms with Crippen LogP contribution in [0.25, 0.3) is 0 Å². The number of anilines is 1. The molecule has 0 heterocycles. The van der Waals surface area contributed by atoms with Crippen molar-refractivity contribution >= 4 is 21.6 Å². The second-order valence-corrected chi connectivity index (χ2v) is 9.15. The van der Waals surface area contributed by atoms with Crippen LogP contribution in [-0.2, 0) is 10.0 Å². The van der Waals surface area contributed by atoms with Gasteiger partial charge in [-0.1, -0.05) is 36.4 Å². The monoisotopic (exact) mass is 494 g/mol. The molecule has 2 N–H and O–H groups in total. The molecule has 7 nitrogen and oxygen atoms in total. The molecular weight excluding hydrogens is 473 g/mol. The number of benzene rings is 3. The fourth-order valence-corrected chi connectivity index (χ4v) is 4.28. The van der Waals surface area contributed by atoms with E-state index in [0.29, 0.717) is 5.69 Å². The van der Waals surface area contributed by atoms with Gasteiger partial charge in [0.2, 0.25) is 0 Å². The molecule has 11 heteroatoms. The summed E-state index contributed by atoms with van der Waals surface area (Å²) < 4.78 is 67.5. The lowest BCUT2D eigenvalue weighted by Crippen LogP contribution is -2.29. The maximum Gasteiger partial charge on any atom is 0.573 e. The third-order valence-corrected chi connectivity index (χ3v) is 6.61. The number of carbonyl (C=O) groups is 1. The summed E-state index contributed by atoms with van der Waals surface area (Å²) in [5.74, 6) is -1.07. The number of ether oxygens (including phenoxy) is 1. The first kappa shape index (κ1) is 25.1. The van der Waals surface area contributed by atoms with Gasteiger partial charge in [0.25, 0.3) is 15.9 Å². The number of sulfonamides is 1. The number of alkyl halides is 3. The Morgan fingerprint density at radius 3 is 2.29 bits per heavy atom. The van der Waals surface area contributed by atoms with E-state index in [4.69, 9.17) is 0 Å². The van der Waals surface area contributed by atoms with Crippen LogP contribution < -0.4 is 14.4 Å². The quantitative estimate of drug-likeness (QED) is 0.496. The molecule has 3 aromatic rings. The summed E-state index contributed by atoms with van der Waals surface area (Å²) in [5.41, 5.74) is 0.770. The smallest absolute Gasteiger partial charge is 0.406 e. The fourth-order valence-electron chi connectivity index (χ4n) is 3.03. The van der Waals surface area contributed by atoms with Gasteiger partial charge in [-0.15, -0.1) is 13.2 Å². The van der Waals surface area contributed by atoms with Crippen LogP contribution in [0.5, 0.6) is 5.75 Å². The third kappa shape index (κ3) is 6.27. The van der Waals surface area contributed by atoms with E-state index >= 15 is 0 Å². The van der Waals surface area contributed by atoms with Crippen LogP contribution in [0.2, 0.25) is 0 Å². The molecule has 1 atom stereocenters. The highest BCUT2D eigenvalue weighted by molar-refractivity contribution is 7.92. The second kappa shape index (κ2) is 10.1. The van der Waals surface area contributed by atoms with Gasteiger partial charge in [0.15, 0.2) is 0 Å². The lowest BCUT2D eigenvalue weighted by Gasteiger charge is -2.20. The summed E-state index contributed by atoms with van der Waals surface area (Å²) in [6.45, 7) is -0.251.